The molecule has 0 atom stereocenters. The van der Waals surface area contributed by atoms with Crippen molar-refractivity contribution < 1.29 is 0 Å². The molecule has 4 rings (SSSR count). The zero-order chi connectivity index (χ0) is 18.6. The molecule has 4 aromatic rings. The van der Waals surface area contributed by atoms with E-state index < -0.39 is 0 Å². The molecule has 3 nitrogen and oxygen atoms in total. The van der Waals surface area contributed by atoms with Gasteiger partial charge in [-0.2, -0.15) is 0 Å². The summed E-state index contributed by atoms with van der Waals surface area (Å²) in [5.41, 5.74) is 3.02. The molecule has 0 spiro atoms. The Morgan fingerprint density at radius 3 is 2.67 bits per heavy atom. The highest BCUT2D eigenvalue weighted by atomic mass is 35.5. The van der Waals surface area contributed by atoms with E-state index in [0.717, 1.165) is 29.1 Å². The molecule has 0 saturated carbocycles. The number of halogens is 2. The van der Waals surface area contributed by atoms with Crippen molar-refractivity contribution in [2.45, 2.75) is 13.0 Å². The first-order valence-corrected chi connectivity index (χ1v) is 10.8. The van der Waals surface area contributed by atoms with Gasteiger partial charge in [-0.05, 0) is 41.8 Å². The summed E-state index contributed by atoms with van der Waals surface area (Å²) in [6, 6.07) is 15.6. The molecule has 1 aromatic carbocycles. The molecule has 136 valence electrons. The molecule has 3 heterocycles. The van der Waals surface area contributed by atoms with Crippen LogP contribution in [0.15, 0.2) is 70.5 Å². The summed E-state index contributed by atoms with van der Waals surface area (Å²) in [4.78, 5) is 11.4. The van der Waals surface area contributed by atoms with E-state index in [4.69, 9.17) is 28.2 Å². The number of aromatic nitrogens is 2. The van der Waals surface area contributed by atoms with Crippen molar-refractivity contribution in [1.29, 1.82) is 0 Å². The molecule has 27 heavy (non-hydrogen) atoms. The highest BCUT2D eigenvalue weighted by Gasteiger charge is 2.10. The maximum Gasteiger partial charge on any atom is 0.190 e. The van der Waals surface area contributed by atoms with Crippen LogP contribution in [0.4, 0.5) is 5.69 Å². The fourth-order valence-corrected chi connectivity index (χ4v) is 4.76. The maximum atomic E-state index is 6.15. The first-order chi connectivity index (χ1) is 13.2. The summed E-state index contributed by atoms with van der Waals surface area (Å²) in [5.74, 6) is 0. The van der Waals surface area contributed by atoms with Gasteiger partial charge in [0, 0.05) is 30.2 Å². The molecule has 0 unspecified atom stereocenters. The molecule has 0 amide bonds. The van der Waals surface area contributed by atoms with E-state index >= 15 is 0 Å². The number of thiazole rings is 1. The number of aryl methyl sites for hydroxylation is 1. The summed E-state index contributed by atoms with van der Waals surface area (Å²) in [7, 11) is 0. The molecule has 0 aliphatic carbocycles. The van der Waals surface area contributed by atoms with Gasteiger partial charge in [-0.1, -0.05) is 35.3 Å². The SMILES string of the molecule is Clc1ccc(N=c2scc(-c3cccs3)n2CCc2ccccn2)cc1Cl. The molecule has 0 fully saturated rings. The van der Waals surface area contributed by atoms with Crippen molar-refractivity contribution in [3.63, 3.8) is 0 Å². The molecule has 0 saturated heterocycles. The van der Waals surface area contributed by atoms with E-state index in [0.29, 0.717) is 10.0 Å². The number of pyridine rings is 1. The zero-order valence-corrected chi connectivity index (χ0v) is 17.3. The quantitative estimate of drug-likeness (QED) is 0.356. The molecule has 0 bridgehead atoms. The highest BCUT2D eigenvalue weighted by Crippen LogP contribution is 2.28. The monoisotopic (exact) mass is 431 g/mol. The van der Waals surface area contributed by atoms with Gasteiger partial charge in [-0.3, -0.25) is 4.98 Å². The van der Waals surface area contributed by atoms with E-state index in [1.165, 1.54) is 10.6 Å². The van der Waals surface area contributed by atoms with Gasteiger partial charge in [0.25, 0.3) is 0 Å². The fourth-order valence-electron chi connectivity index (χ4n) is 2.69. The van der Waals surface area contributed by atoms with Gasteiger partial charge in [-0.15, -0.1) is 22.7 Å². The Hall–Kier alpha value is -1.92. The van der Waals surface area contributed by atoms with Gasteiger partial charge in [-0.25, -0.2) is 4.99 Å². The Kier molecular flexibility index (Phi) is 5.74. The summed E-state index contributed by atoms with van der Waals surface area (Å²) in [6.07, 6.45) is 2.67. The molecule has 7 heteroatoms. The third kappa shape index (κ3) is 4.33. The van der Waals surface area contributed by atoms with Crippen molar-refractivity contribution in [2.24, 2.45) is 4.99 Å². The fraction of sp³-hybridized carbons (Fsp3) is 0.100. The third-order valence-electron chi connectivity index (χ3n) is 4.02. The maximum absolute atomic E-state index is 6.15. The average molecular weight is 432 g/mol. The van der Waals surface area contributed by atoms with E-state index in [-0.39, 0.29) is 0 Å². The zero-order valence-electron chi connectivity index (χ0n) is 14.2. The van der Waals surface area contributed by atoms with Crippen LogP contribution >= 0.6 is 45.9 Å². The lowest BCUT2D eigenvalue weighted by molar-refractivity contribution is 0.675. The Morgan fingerprint density at radius 1 is 1.00 bits per heavy atom. The minimum absolute atomic E-state index is 0.507. The van der Waals surface area contributed by atoms with Crippen LogP contribution in [0.2, 0.25) is 10.0 Å². The van der Waals surface area contributed by atoms with Gasteiger partial charge in [0.2, 0.25) is 0 Å². The molecule has 3 aromatic heterocycles. The first kappa shape index (κ1) is 18.4. The molecule has 0 radical (unpaired) electrons. The number of thiophene rings is 1. The van der Waals surface area contributed by atoms with Crippen LogP contribution in [0.1, 0.15) is 5.69 Å². The highest BCUT2D eigenvalue weighted by molar-refractivity contribution is 7.14. The largest absolute Gasteiger partial charge is 0.315 e. The summed E-state index contributed by atoms with van der Waals surface area (Å²) in [5, 5.41) is 5.28. The Bertz CT molecular complexity index is 1100. The first-order valence-electron chi connectivity index (χ1n) is 8.32. The van der Waals surface area contributed by atoms with Crippen molar-refractivity contribution in [2.75, 3.05) is 0 Å². The lowest BCUT2D eigenvalue weighted by Crippen LogP contribution is -2.17. The molecular formula is C20H15Cl2N3S2. The predicted molar refractivity (Wildman–Crippen MR) is 115 cm³/mol. The lowest BCUT2D eigenvalue weighted by Gasteiger charge is -2.08. The van der Waals surface area contributed by atoms with E-state index in [1.807, 2.05) is 30.5 Å². The normalized spacial score (nSPS) is 11.9. The molecule has 0 aliphatic rings. The second-order valence-electron chi connectivity index (χ2n) is 5.81. The Labute approximate surface area is 175 Å². The molecule has 0 aliphatic heterocycles. The topological polar surface area (TPSA) is 30.2 Å². The minimum atomic E-state index is 0.507. The van der Waals surface area contributed by atoms with Crippen molar-refractivity contribution >= 4 is 51.6 Å². The lowest BCUT2D eigenvalue weighted by atomic mass is 10.2. The second kappa shape index (κ2) is 8.40. The van der Waals surface area contributed by atoms with Gasteiger partial charge >= 0.3 is 0 Å². The summed E-state index contributed by atoms with van der Waals surface area (Å²) in [6.45, 7) is 0.800. The van der Waals surface area contributed by atoms with Crippen molar-refractivity contribution in [3.05, 3.63) is 86.0 Å². The minimum Gasteiger partial charge on any atom is -0.315 e. The average Bonchev–Trinajstić information content (AvgIpc) is 3.34. The van der Waals surface area contributed by atoms with Gasteiger partial charge in [0.15, 0.2) is 4.80 Å². The predicted octanol–water partition coefficient (Wildman–Crippen LogP) is 6.46. The van der Waals surface area contributed by atoms with Crippen LogP contribution < -0.4 is 4.80 Å². The van der Waals surface area contributed by atoms with Gasteiger partial charge in [0.1, 0.15) is 0 Å². The number of rotatable bonds is 5. The van der Waals surface area contributed by atoms with Crippen LogP contribution in [-0.4, -0.2) is 9.55 Å². The van der Waals surface area contributed by atoms with Gasteiger partial charge < -0.3 is 4.57 Å². The second-order valence-corrected chi connectivity index (χ2v) is 8.41. The summed E-state index contributed by atoms with van der Waals surface area (Å²) < 4.78 is 2.24. The van der Waals surface area contributed by atoms with Crippen molar-refractivity contribution in [1.82, 2.24) is 9.55 Å². The Morgan fingerprint density at radius 2 is 1.93 bits per heavy atom. The van der Waals surface area contributed by atoms with Crippen LogP contribution in [0, 0.1) is 0 Å². The van der Waals surface area contributed by atoms with E-state index in [2.05, 4.69) is 32.4 Å². The molecular weight excluding hydrogens is 417 g/mol. The number of hydrogen-bond donors (Lipinski definition) is 0. The standard InChI is InChI=1S/C20H15Cl2N3S2/c21-16-7-6-15(12-17(16)22)24-20-25(10-8-14-4-1-2-9-23-14)18(13-27-20)19-5-3-11-26-19/h1-7,9,11-13H,8,10H2. The molecule has 0 N–H and O–H groups in total. The van der Waals surface area contributed by atoms with Crippen LogP contribution in [0.3, 0.4) is 0 Å². The van der Waals surface area contributed by atoms with E-state index in [9.17, 15) is 0 Å². The number of nitrogens with zero attached hydrogens (tertiary/aromatic N) is 3. The van der Waals surface area contributed by atoms with Crippen LogP contribution in [0.25, 0.3) is 10.6 Å². The van der Waals surface area contributed by atoms with Crippen LogP contribution in [0.5, 0.6) is 0 Å². The van der Waals surface area contributed by atoms with Gasteiger partial charge in [0.05, 0.1) is 26.3 Å². The smallest absolute Gasteiger partial charge is 0.190 e. The Balaban J connectivity index is 1.74. The number of hydrogen-bond acceptors (Lipinski definition) is 4. The van der Waals surface area contributed by atoms with Crippen molar-refractivity contribution in [3.8, 4) is 10.6 Å². The third-order valence-corrected chi connectivity index (χ3v) is 6.51. The van der Waals surface area contributed by atoms with E-state index in [1.54, 1.807) is 34.8 Å². The summed E-state index contributed by atoms with van der Waals surface area (Å²) >= 11 is 15.5. The number of benzene rings is 1. The van der Waals surface area contributed by atoms with Crippen LogP contribution in [-0.2, 0) is 13.0 Å².